The Morgan fingerprint density at radius 1 is 1.26 bits per heavy atom. The van der Waals surface area contributed by atoms with Crippen molar-refractivity contribution < 1.29 is 19.4 Å². The average Bonchev–Trinajstić information content (AvgIpc) is 2.69. The molecule has 2 aromatic rings. The molecule has 1 aromatic carbocycles. The number of nitrogens with zero attached hydrogens (tertiary/aromatic N) is 3. The smallest absolute Gasteiger partial charge is 0.321 e. The molecule has 1 unspecified atom stereocenters. The van der Waals surface area contributed by atoms with Gasteiger partial charge in [-0.05, 0) is 43.2 Å². The Bertz CT molecular complexity index is 876. The van der Waals surface area contributed by atoms with Gasteiger partial charge in [0.25, 0.3) is 0 Å². The first-order valence-corrected chi connectivity index (χ1v) is 8.48. The summed E-state index contributed by atoms with van der Waals surface area (Å²) in [6.45, 7) is 0.756. The highest BCUT2D eigenvalue weighted by Gasteiger charge is 2.28. The minimum absolute atomic E-state index is 0.214. The van der Waals surface area contributed by atoms with Crippen molar-refractivity contribution in [2.24, 2.45) is 5.92 Å². The van der Waals surface area contributed by atoms with E-state index in [0.29, 0.717) is 36.6 Å². The molecular weight excluding hydrogens is 348 g/mol. The highest BCUT2D eigenvalue weighted by molar-refractivity contribution is 5.89. The summed E-state index contributed by atoms with van der Waals surface area (Å²) in [4.78, 5) is 28.8. The Morgan fingerprint density at radius 3 is 2.74 bits per heavy atom. The number of ether oxygens (including phenoxy) is 1. The fourth-order valence-corrected chi connectivity index (χ4v) is 2.84. The van der Waals surface area contributed by atoms with Crippen LogP contribution < -0.4 is 10.1 Å². The number of hydrogen-bond acceptors (Lipinski definition) is 5. The van der Waals surface area contributed by atoms with Crippen LogP contribution >= 0.6 is 0 Å². The number of amides is 2. The monoisotopic (exact) mass is 366 g/mol. The van der Waals surface area contributed by atoms with E-state index in [1.807, 2.05) is 6.07 Å². The standard InChI is InChI=1S/C19H18N4O4/c20-11-15-10-17(7-8-21-15)27-16-5-3-14(4-6-16)22-19(26)23-9-1-2-13(12-23)18(24)25/h3-8,10,13H,1-2,9,12H2,(H,22,26)(H,24,25). The minimum atomic E-state index is -0.871. The van der Waals surface area contributed by atoms with Gasteiger partial charge >= 0.3 is 12.0 Å². The third kappa shape index (κ3) is 4.73. The van der Waals surface area contributed by atoms with Crippen LogP contribution in [0.1, 0.15) is 18.5 Å². The number of carbonyl (C=O) groups is 2. The van der Waals surface area contributed by atoms with Crippen LogP contribution in [0.15, 0.2) is 42.6 Å². The van der Waals surface area contributed by atoms with E-state index in [1.54, 1.807) is 30.3 Å². The number of aromatic nitrogens is 1. The quantitative estimate of drug-likeness (QED) is 0.859. The number of piperidine rings is 1. The molecule has 1 saturated heterocycles. The number of pyridine rings is 1. The number of carboxylic acid groups (broad SMARTS) is 1. The number of nitrogens with one attached hydrogen (secondary N) is 1. The number of rotatable bonds is 4. The molecule has 0 bridgehead atoms. The van der Waals surface area contributed by atoms with Gasteiger partial charge in [-0.1, -0.05) is 0 Å². The van der Waals surface area contributed by atoms with Crippen molar-refractivity contribution in [1.82, 2.24) is 9.88 Å². The van der Waals surface area contributed by atoms with Crippen LogP contribution in [0.4, 0.5) is 10.5 Å². The molecule has 1 aromatic heterocycles. The topological polar surface area (TPSA) is 116 Å². The van der Waals surface area contributed by atoms with Gasteiger partial charge in [0, 0.05) is 31.0 Å². The van der Waals surface area contributed by atoms with Crippen LogP contribution in [0.3, 0.4) is 0 Å². The zero-order chi connectivity index (χ0) is 19.2. The van der Waals surface area contributed by atoms with Crippen molar-refractivity contribution in [2.45, 2.75) is 12.8 Å². The number of carbonyl (C=O) groups excluding carboxylic acids is 1. The zero-order valence-electron chi connectivity index (χ0n) is 14.5. The van der Waals surface area contributed by atoms with E-state index in [2.05, 4.69) is 10.3 Å². The SMILES string of the molecule is N#Cc1cc(Oc2ccc(NC(=O)N3CCCC(C(=O)O)C3)cc2)ccn1. The van der Waals surface area contributed by atoms with Gasteiger partial charge in [-0.25, -0.2) is 9.78 Å². The number of benzene rings is 1. The molecule has 0 spiro atoms. The number of likely N-dealkylation sites (tertiary alicyclic amines) is 1. The normalized spacial score (nSPS) is 16.3. The average molecular weight is 366 g/mol. The Kier molecular flexibility index (Phi) is 5.52. The first-order valence-electron chi connectivity index (χ1n) is 8.48. The van der Waals surface area contributed by atoms with Crippen LogP contribution in [0.25, 0.3) is 0 Å². The summed E-state index contributed by atoms with van der Waals surface area (Å²) in [5, 5.41) is 20.7. The molecule has 0 saturated carbocycles. The van der Waals surface area contributed by atoms with E-state index in [0.717, 1.165) is 0 Å². The lowest BCUT2D eigenvalue weighted by Crippen LogP contribution is -2.44. The third-order valence-electron chi connectivity index (χ3n) is 4.25. The molecule has 1 aliphatic rings. The molecule has 2 N–H and O–H groups in total. The molecule has 138 valence electrons. The van der Waals surface area contributed by atoms with Crippen molar-refractivity contribution in [2.75, 3.05) is 18.4 Å². The summed E-state index contributed by atoms with van der Waals surface area (Å²) in [5.74, 6) is -0.345. The van der Waals surface area contributed by atoms with Gasteiger partial charge in [0.15, 0.2) is 0 Å². The largest absolute Gasteiger partial charge is 0.481 e. The number of urea groups is 1. The summed E-state index contributed by atoms with van der Waals surface area (Å²) in [7, 11) is 0. The second kappa shape index (κ2) is 8.19. The Morgan fingerprint density at radius 2 is 2.04 bits per heavy atom. The second-order valence-corrected chi connectivity index (χ2v) is 6.17. The van der Waals surface area contributed by atoms with Gasteiger partial charge in [-0.3, -0.25) is 4.79 Å². The summed E-state index contributed by atoms with van der Waals surface area (Å²) in [6, 6.07) is 11.6. The molecular formula is C19H18N4O4. The first-order chi connectivity index (χ1) is 13.0. The summed E-state index contributed by atoms with van der Waals surface area (Å²) >= 11 is 0. The maximum atomic E-state index is 12.3. The molecule has 8 nitrogen and oxygen atoms in total. The van der Waals surface area contributed by atoms with E-state index in [4.69, 9.17) is 15.1 Å². The number of aliphatic carboxylic acids is 1. The van der Waals surface area contributed by atoms with Crippen LogP contribution in [0, 0.1) is 17.2 Å². The number of carboxylic acids is 1. The van der Waals surface area contributed by atoms with Gasteiger partial charge in [0.2, 0.25) is 0 Å². The highest BCUT2D eigenvalue weighted by Crippen LogP contribution is 2.24. The molecule has 8 heteroatoms. The molecule has 27 heavy (non-hydrogen) atoms. The maximum absolute atomic E-state index is 12.3. The fourth-order valence-electron chi connectivity index (χ4n) is 2.84. The van der Waals surface area contributed by atoms with Gasteiger partial charge < -0.3 is 20.1 Å². The molecule has 0 aliphatic carbocycles. The number of nitriles is 1. The highest BCUT2D eigenvalue weighted by atomic mass is 16.5. The Hall–Kier alpha value is -3.60. The molecule has 1 atom stereocenters. The summed E-state index contributed by atoms with van der Waals surface area (Å²) in [6.07, 6.45) is 2.76. The van der Waals surface area contributed by atoms with E-state index in [-0.39, 0.29) is 18.3 Å². The predicted octanol–water partition coefficient (Wildman–Crippen LogP) is 3.07. The molecule has 2 heterocycles. The van der Waals surface area contributed by atoms with Gasteiger partial charge in [0.1, 0.15) is 23.3 Å². The van der Waals surface area contributed by atoms with Crippen LogP contribution in [0.2, 0.25) is 0 Å². The van der Waals surface area contributed by atoms with Crippen molar-refractivity contribution >= 4 is 17.7 Å². The van der Waals surface area contributed by atoms with Gasteiger partial charge in [-0.15, -0.1) is 0 Å². The summed E-state index contributed by atoms with van der Waals surface area (Å²) in [5.41, 5.74) is 0.842. The minimum Gasteiger partial charge on any atom is -0.481 e. The zero-order valence-corrected chi connectivity index (χ0v) is 14.5. The summed E-state index contributed by atoms with van der Waals surface area (Å²) < 4.78 is 5.66. The lowest BCUT2D eigenvalue weighted by atomic mass is 9.99. The second-order valence-electron chi connectivity index (χ2n) is 6.17. The van der Waals surface area contributed by atoms with E-state index in [9.17, 15) is 9.59 Å². The molecule has 1 fully saturated rings. The van der Waals surface area contributed by atoms with Crippen molar-refractivity contribution in [3.05, 3.63) is 48.3 Å². The predicted molar refractivity (Wildman–Crippen MR) is 96.4 cm³/mol. The Labute approximate surface area is 156 Å². The van der Waals surface area contributed by atoms with E-state index < -0.39 is 11.9 Å². The lowest BCUT2D eigenvalue weighted by molar-refractivity contribution is -0.143. The van der Waals surface area contributed by atoms with Crippen molar-refractivity contribution in [1.29, 1.82) is 5.26 Å². The number of hydrogen-bond donors (Lipinski definition) is 2. The lowest BCUT2D eigenvalue weighted by Gasteiger charge is -2.30. The molecule has 1 aliphatic heterocycles. The van der Waals surface area contributed by atoms with E-state index >= 15 is 0 Å². The van der Waals surface area contributed by atoms with Gasteiger partial charge in [0.05, 0.1) is 5.92 Å². The van der Waals surface area contributed by atoms with Crippen LogP contribution in [-0.2, 0) is 4.79 Å². The third-order valence-corrected chi connectivity index (χ3v) is 4.25. The van der Waals surface area contributed by atoms with Crippen LogP contribution in [-0.4, -0.2) is 40.1 Å². The fraction of sp³-hybridized carbons (Fsp3) is 0.263. The maximum Gasteiger partial charge on any atom is 0.321 e. The van der Waals surface area contributed by atoms with E-state index in [1.165, 1.54) is 17.2 Å². The number of anilines is 1. The van der Waals surface area contributed by atoms with Crippen LogP contribution in [0.5, 0.6) is 11.5 Å². The van der Waals surface area contributed by atoms with Crippen molar-refractivity contribution in [3.8, 4) is 17.6 Å². The Balaban J connectivity index is 1.59. The molecule has 2 amide bonds. The first kappa shape index (κ1) is 18.2. The van der Waals surface area contributed by atoms with Crippen molar-refractivity contribution in [3.63, 3.8) is 0 Å². The molecule has 0 radical (unpaired) electrons. The van der Waals surface area contributed by atoms with Gasteiger partial charge in [-0.2, -0.15) is 5.26 Å². The molecule has 3 rings (SSSR count).